The normalized spacial score (nSPS) is 11.2. The van der Waals surface area contributed by atoms with Crippen molar-refractivity contribution in [3.05, 3.63) is 86.8 Å². The van der Waals surface area contributed by atoms with Gasteiger partial charge in [0.25, 0.3) is 5.56 Å². The molecule has 0 aliphatic rings. The van der Waals surface area contributed by atoms with Gasteiger partial charge >= 0.3 is 0 Å². The number of benzene rings is 2. The molecule has 0 radical (unpaired) electrons. The number of rotatable bonds is 3. The second-order valence-corrected chi connectivity index (χ2v) is 7.49. The third-order valence-corrected chi connectivity index (χ3v) is 5.68. The van der Waals surface area contributed by atoms with Crippen LogP contribution < -0.4 is 5.56 Å². The molecule has 2 heterocycles. The summed E-state index contributed by atoms with van der Waals surface area (Å²) in [5, 5.41) is 0.675. The average Bonchev–Trinajstić information content (AvgIpc) is 2.93. The third kappa shape index (κ3) is 2.84. The van der Waals surface area contributed by atoms with E-state index < -0.39 is 0 Å². The fourth-order valence-electron chi connectivity index (χ4n) is 3.06. The number of hydrogen-bond acceptors (Lipinski definition) is 3. The zero-order chi connectivity index (χ0) is 18.3. The highest BCUT2D eigenvalue weighted by molar-refractivity contribution is 7.18. The van der Waals surface area contributed by atoms with Crippen LogP contribution in [0.4, 0.5) is 4.39 Å². The summed E-state index contributed by atoms with van der Waals surface area (Å²) in [5.41, 5.74) is 2.67. The lowest BCUT2D eigenvalue weighted by atomic mass is 10.1. The Morgan fingerprint density at radius 2 is 1.73 bits per heavy atom. The summed E-state index contributed by atoms with van der Waals surface area (Å²) < 4.78 is 15.0. The molecular weight excluding hydrogens is 347 g/mol. The maximum absolute atomic E-state index is 13.4. The highest BCUT2D eigenvalue weighted by atomic mass is 32.1. The van der Waals surface area contributed by atoms with Gasteiger partial charge < -0.3 is 0 Å². The molecule has 4 rings (SSSR count). The third-order valence-electron chi connectivity index (χ3n) is 4.57. The minimum atomic E-state index is -0.311. The van der Waals surface area contributed by atoms with Crippen LogP contribution in [0.5, 0.6) is 0 Å². The molecule has 2 aromatic heterocycles. The molecule has 0 atom stereocenters. The lowest BCUT2D eigenvalue weighted by Gasteiger charge is -2.13. The quantitative estimate of drug-likeness (QED) is 0.517. The first kappa shape index (κ1) is 16.7. The molecule has 0 saturated carbocycles. The summed E-state index contributed by atoms with van der Waals surface area (Å²) in [4.78, 5) is 19.9. The Bertz CT molecular complexity index is 1140. The first-order valence-electron chi connectivity index (χ1n) is 8.35. The monoisotopic (exact) mass is 364 g/mol. The SMILES string of the molecule is Cc1sc2nc(-c3ccc(F)cc3)n(Cc3ccccc3)c(=O)c2c1C. The highest BCUT2D eigenvalue weighted by Crippen LogP contribution is 2.29. The van der Waals surface area contributed by atoms with Crippen LogP contribution in [0, 0.1) is 19.7 Å². The molecule has 0 bridgehead atoms. The molecule has 0 amide bonds. The lowest BCUT2D eigenvalue weighted by Crippen LogP contribution is -2.24. The van der Waals surface area contributed by atoms with Gasteiger partial charge in [0.05, 0.1) is 11.9 Å². The molecule has 0 N–H and O–H groups in total. The topological polar surface area (TPSA) is 34.9 Å². The summed E-state index contributed by atoms with van der Waals surface area (Å²) in [6.45, 7) is 4.38. The summed E-state index contributed by atoms with van der Waals surface area (Å²) >= 11 is 1.52. The number of halogens is 1. The molecule has 0 aliphatic carbocycles. The fourth-order valence-corrected chi connectivity index (χ4v) is 4.08. The first-order valence-corrected chi connectivity index (χ1v) is 9.16. The van der Waals surface area contributed by atoms with Crippen molar-refractivity contribution in [2.45, 2.75) is 20.4 Å². The van der Waals surface area contributed by atoms with Crippen LogP contribution in [0.25, 0.3) is 21.6 Å². The van der Waals surface area contributed by atoms with Gasteiger partial charge in [-0.15, -0.1) is 11.3 Å². The van der Waals surface area contributed by atoms with E-state index in [1.54, 1.807) is 16.7 Å². The molecule has 0 saturated heterocycles. The number of nitrogens with zero attached hydrogens (tertiary/aromatic N) is 2. The van der Waals surface area contributed by atoms with Crippen molar-refractivity contribution >= 4 is 21.6 Å². The maximum Gasteiger partial charge on any atom is 0.263 e. The van der Waals surface area contributed by atoms with Gasteiger partial charge in [-0.2, -0.15) is 0 Å². The Morgan fingerprint density at radius 1 is 1.04 bits per heavy atom. The van der Waals surface area contributed by atoms with E-state index >= 15 is 0 Å². The van der Waals surface area contributed by atoms with Crippen LogP contribution in [-0.2, 0) is 6.54 Å². The maximum atomic E-state index is 13.4. The van der Waals surface area contributed by atoms with Gasteiger partial charge in [-0.25, -0.2) is 9.37 Å². The summed E-state index contributed by atoms with van der Waals surface area (Å²) in [7, 11) is 0. The van der Waals surface area contributed by atoms with Gasteiger partial charge in [0.1, 0.15) is 16.5 Å². The second-order valence-electron chi connectivity index (χ2n) is 6.28. The van der Waals surface area contributed by atoms with Crippen LogP contribution in [0.3, 0.4) is 0 Å². The van der Waals surface area contributed by atoms with Gasteiger partial charge in [0.15, 0.2) is 0 Å². The largest absolute Gasteiger partial charge is 0.288 e. The number of aryl methyl sites for hydroxylation is 2. The Labute approximate surface area is 154 Å². The van der Waals surface area contributed by atoms with E-state index in [2.05, 4.69) is 0 Å². The molecule has 3 nitrogen and oxygen atoms in total. The van der Waals surface area contributed by atoms with Crippen LogP contribution in [0.1, 0.15) is 16.0 Å². The van der Waals surface area contributed by atoms with Crippen molar-refractivity contribution in [3.63, 3.8) is 0 Å². The molecule has 0 fully saturated rings. The van der Waals surface area contributed by atoms with E-state index in [4.69, 9.17) is 4.98 Å². The molecule has 0 spiro atoms. The highest BCUT2D eigenvalue weighted by Gasteiger charge is 2.17. The average molecular weight is 364 g/mol. The smallest absolute Gasteiger partial charge is 0.263 e. The standard InChI is InChI=1S/C21H17FN2OS/c1-13-14(2)26-20-18(13)21(25)24(12-15-6-4-3-5-7-15)19(23-20)16-8-10-17(22)11-9-16/h3-11H,12H2,1-2H3. The predicted octanol–water partition coefficient (Wildman–Crippen LogP) is 4.93. The Hall–Kier alpha value is -2.79. The van der Waals surface area contributed by atoms with Gasteiger partial charge in [-0.3, -0.25) is 9.36 Å². The summed E-state index contributed by atoms with van der Waals surface area (Å²) in [6, 6.07) is 15.9. The first-order chi connectivity index (χ1) is 12.5. The molecule has 0 unspecified atom stereocenters. The van der Waals surface area contributed by atoms with E-state index in [1.165, 1.54) is 23.5 Å². The van der Waals surface area contributed by atoms with Crippen molar-refractivity contribution in [1.29, 1.82) is 0 Å². The van der Waals surface area contributed by atoms with Crippen molar-refractivity contribution in [1.82, 2.24) is 9.55 Å². The molecule has 2 aromatic carbocycles. The zero-order valence-electron chi connectivity index (χ0n) is 14.5. The van der Waals surface area contributed by atoms with Crippen LogP contribution >= 0.6 is 11.3 Å². The molecule has 26 heavy (non-hydrogen) atoms. The van der Waals surface area contributed by atoms with Crippen molar-refractivity contribution in [2.24, 2.45) is 0 Å². The van der Waals surface area contributed by atoms with Crippen molar-refractivity contribution in [3.8, 4) is 11.4 Å². The lowest BCUT2D eigenvalue weighted by molar-refractivity contribution is 0.628. The Morgan fingerprint density at radius 3 is 2.42 bits per heavy atom. The van der Waals surface area contributed by atoms with Crippen LogP contribution in [0.15, 0.2) is 59.4 Å². The second kappa shape index (κ2) is 6.50. The van der Waals surface area contributed by atoms with E-state index in [0.29, 0.717) is 17.8 Å². The van der Waals surface area contributed by atoms with Gasteiger partial charge in [0, 0.05) is 10.4 Å². The van der Waals surface area contributed by atoms with Crippen LogP contribution in [-0.4, -0.2) is 9.55 Å². The summed E-state index contributed by atoms with van der Waals surface area (Å²) in [5.74, 6) is 0.252. The Kier molecular flexibility index (Phi) is 4.17. The molecule has 0 aliphatic heterocycles. The van der Waals surface area contributed by atoms with Gasteiger partial charge in [-0.1, -0.05) is 30.3 Å². The van der Waals surface area contributed by atoms with E-state index in [1.807, 2.05) is 44.2 Å². The Balaban J connectivity index is 2.00. The van der Waals surface area contributed by atoms with Gasteiger partial charge in [-0.05, 0) is 49.2 Å². The number of hydrogen-bond donors (Lipinski definition) is 0. The van der Waals surface area contributed by atoms with Crippen LogP contribution in [0.2, 0.25) is 0 Å². The van der Waals surface area contributed by atoms with Crippen molar-refractivity contribution < 1.29 is 4.39 Å². The molecule has 4 aromatic rings. The van der Waals surface area contributed by atoms with Crippen molar-refractivity contribution in [2.75, 3.05) is 0 Å². The van der Waals surface area contributed by atoms with E-state index in [9.17, 15) is 9.18 Å². The molecule has 5 heteroatoms. The molecule has 130 valence electrons. The van der Waals surface area contributed by atoms with Gasteiger partial charge in [0.2, 0.25) is 0 Å². The summed E-state index contributed by atoms with van der Waals surface area (Å²) in [6.07, 6.45) is 0. The minimum Gasteiger partial charge on any atom is -0.288 e. The minimum absolute atomic E-state index is 0.0555. The number of fused-ring (bicyclic) bond motifs is 1. The number of aromatic nitrogens is 2. The fraction of sp³-hybridized carbons (Fsp3) is 0.143. The number of thiophene rings is 1. The predicted molar refractivity (Wildman–Crippen MR) is 104 cm³/mol. The van der Waals surface area contributed by atoms with E-state index in [-0.39, 0.29) is 11.4 Å². The zero-order valence-corrected chi connectivity index (χ0v) is 15.3. The molecular formula is C21H17FN2OS. The van der Waals surface area contributed by atoms with E-state index in [0.717, 1.165) is 26.4 Å².